The molecule has 3 heteroatoms. The maximum atomic E-state index is 10.5. The number of hydrogen-bond donors (Lipinski definition) is 1. The minimum atomic E-state index is -1.84. The molecule has 0 saturated heterocycles. The van der Waals surface area contributed by atoms with Gasteiger partial charge in [0.05, 0.1) is 6.10 Å². The smallest absolute Gasteiger partial charge is 0.250 e. The van der Waals surface area contributed by atoms with Crippen LogP contribution in [0.3, 0.4) is 0 Å². The zero-order valence-electron chi connectivity index (χ0n) is 19.5. The molecule has 0 aliphatic heterocycles. The van der Waals surface area contributed by atoms with Crippen LogP contribution in [-0.4, -0.2) is 19.5 Å². The van der Waals surface area contributed by atoms with E-state index >= 15 is 0 Å². The Bertz CT molecular complexity index is 782. The highest BCUT2D eigenvalue weighted by molar-refractivity contribution is 6.74. The molecule has 0 radical (unpaired) electrons. The van der Waals surface area contributed by atoms with Gasteiger partial charge in [0.15, 0.2) is 0 Å². The number of aliphatic hydroxyl groups excluding tert-OH is 1. The quantitative estimate of drug-likeness (QED) is 0.445. The third-order valence-electron chi connectivity index (χ3n) is 8.22. The SMILES string of the molecule is C[C@H](C#Cc1cccc(O[Si](C)(C)C(C)(C)C)c1)[C@H]1CC[C@H]2C(O)CCC[C@]12C. The molecule has 1 aromatic carbocycles. The van der Waals surface area contributed by atoms with E-state index in [-0.39, 0.29) is 16.6 Å². The van der Waals surface area contributed by atoms with Gasteiger partial charge in [-0.3, -0.25) is 0 Å². The Labute approximate surface area is 179 Å². The average molecular weight is 413 g/mol. The van der Waals surface area contributed by atoms with E-state index < -0.39 is 8.32 Å². The van der Waals surface area contributed by atoms with E-state index in [1.54, 1.807) is 0 Å². The minimum absolute atomic E-state index is 0.108. The zero-order valence-corrected chi connectivity index (χ0v) is 20.5. The maximum Gasteiger partial charge on any atom is 0.250 e. The fourth-order valence-corrected chi connectivity index (χ4v) is 6.42. The summed E-state index contributed by atoms with van der Waals surface area (Å²) in [4.78, 5) is 0. The van der Waals surface area contributed by atoms with E-state index in [9.17, 15) is 5.11 Å². The molecule has 2 aliphatic rings. The molecule has 0 amide bonds. The van der Waals surface area contributed by atoms with Crippen molar-refractivity contribution in [2.24, 2.45) is 23.2 Å². The molecule has 0 bridgehead atoms. The van der Waals surface area contributed by atoms with E-state index in [4.69, 9.17) is 4.43 Å². The van der Waals surface area contributed by atoms with Gasteiger partial charge in [-0.1, -0.05) is 58.9 Å². The van der Waals surface area contributed by atoms with Gasteiger partial charge in [0.25, 0.3) is 0 Å². The summed E-state index contributed by atoms with van der Waals surface area (Å²) in [5.41, 5.74) is 1.29. The van der Waals surface area contributed by atoms with Crippen LogP contribution in [0, 0.1) is 35.0 Å². The third-order valence-corrected chi connectivity index (χ3v) is 12.6. The average Bonchev–Trinajstić information content (AvgIpc) is 2.97. The van der Waals surface area contributed by atoms with E-state index in [1.165, 1.54) is 12.8 Å². The molecule has 1 aromatic rings. The van der Waals surface area contributed by atoms with Gasteiger partial charge in [-0.2, -0.15) is 0 Å². The lowest BCUT2D eigenvalue weighted by atomic mass is 9.62. The zero-order chi connectivity index (χ0) is 21.4. The van der Waals surface area contributed by atoms with Gasteiger partial charge < -0.3 is 9.53 Å². The first-order valence-electron chi connectivity index (χ1n) is 11.4. The van der Waals surface area contributed by atoms with Crippen LogP contribution in [0.2, 0.25) is 18.1 Å². The van der Waals surface area contributed by atoms with Gasteiger partial charge in [0.2, 0.25) is 8.32 Å². The first-order chi connectivity index (χ1) is 13.4. The summed E-state index contributed by atoms with van der Waals surface area (Å²) in [6.45, 7) is 16.0. The van der Waals surface area contributed by atoms with Crippen molar-refractivity contribution < 1.29 is 9.53 Å². The Morgan fingerprint density at radius 2 is 1.93 bits per heavy atom. The lowest BCUT2D eigenvalue weighted by molar-refractivity contribution is -0.0224. The van der Waals surface area contributed by atoms with Crippen LogP contribution in [0.15, 0.2) is 24.3 Å². The van der Waals surface area contributed by atoms with Crippen molar-refractivity contribution in [3.05, 3.63) is 29.8 Å². The van der Waals surface area contributed by atoms with Gasteiger partial charge in [-0.05, 0) is 79.3 Å². The standard InChI is InChI=1S/C26H40O2Si/c1-19(22-15-16-23-24(27)12-9-17-26(22,23)5)13-14-20-10-8-11-21(18-20)28-29(6,7)25(2,3)4/h8,10-11,18-19,22-24,27H,9,12,15-17H2,1-7H3/t19-,22-,23+,24?,26-/m1/s1. The van der Waals surface area contributed by atoms with Crippen LogP contribution >= 0.6 is 0 Å². The van der Waals surface area contributed by atoms with E-state index in [2.05, 4.69) is 83.8 Å². The van der Waals surface area contributed by atoms with Crippen LogP contribution < -0.4 is 4.43 Å². The number of rotatable bonds is 3. The van der Waals surface area contributed by atoms with Gasteiger partial charge >= 0.3 is 0 Å². The molecular formula is C26H40O2Si. The largest absolute Gasteiger partial charge is 0.543 e. The van der Waals surface area contributed by atoms with Crippen molar-refractivity contribution in [2.75, 3.05) is 0 Å². The van der Waals surface area contributed by atoms with E-state index in [0.29, 0.717) is 17.8 Å². The molecule has 2 nitrogen and oxygen atoms in total. The first kappa shape index (κ1) is 22.4. The van der Waals surface area contributed by atoms with Gasteiger partial charge in [-0.25, -0.2) is 0 Å². The van der Waals surface area contributed by atoms with Crippen LogP contribution in [0.1, 0.15) is 72.3 Å². The van der Waals surface area contributed by atoms with Crippen LogP contribution in [0.25, 0.3) is 0 Å². The molecule has 2 saturated carbocycles. The number of aliphatic hydroxyl groups is 1. The van der Waals surface area contributed by atoms with E-state index in [1.807, 2.05) is 0 Å². The van der Waals surface area contributed by atoms with Gasteiger partial charge in [0, 0.05) is 11.5 Å². The predicted octanol–water partition coefficient (Wildman–Crippen LogP) is 6.64. The molecule has 2 aliphatic carbocycles. The molecule has 1 unspecified atom stereocenters. The maximum absolute atomic E-state index is 10.5. The lowest BCUT2D eigenvalue weighted by Gasteiger charge is -2.44. The van der Waals surface area contributed by atoms with Crippen molar-refractivity contribution >= 4 is 8.32 Å². The Morgan fingerprint density at radius 1 is 1.21 bits per heavy atom. The highest BCUT2D eigenvalue weighted by Gasteiger charge is 2.52. The molecule has 2 fully saturated rings. The Balaban J connectivity index is 1.73. The summed E-state index contributed by atoms with van der Waals surface area (Å²) < 4.78 is 6.46. The van der Waals surface area contributed by atoms with Gasteiger partial charge in [-0.15, -0.1) is 0 Å². The second-order valence-corrected chi connectivity index (χ2v) is 15.9. The highest BCUT2D eigenvalue weighted by Crippen LogP contribution is 2.57. The number of benzene rings is 1. The lowest BCUT2D eigenvalue weighted by Crippen LogP contribution is -2.43. The Hall–Kier alpha value is -1.24. The molecule has 160 valence electrons. The minimum Gasteiger partial charge on any atom is -0.543 e. The highest BCUT2D eigenvalue weighted by atomic mass is 28.4. The van der Waals surface area contributed by atoms with Crippen molar-refractivity contribution in [2.45, 2.75) is 91.0 Å². The summed E-state index contributed by atoms with van der Waals surface area (Å²) >= 11 is 0. The monoisotopic (exact) mass is 412 g/mol. The van der Waals surface area contributed by atoms with Crippen molar-refractivity contribution in [1.82, 2.24) is 0 Å². The van der Waals surface area contributed by atoms with Crippen molar-refractivity contribution in [1.29, 1.82) is 0 Å². The molecule has 0 aromatic heterocycles. The summed E-state index contributed by atoms with van der Waals surface area (Å²) in [5.74, 6) is 9.33. The van der Waals surface area contributed by atoms with Crippen LogP contribution in [-0.2, 0) is 0 Å². The van der Waals surface area contributed by atoms with Crippen molar-refractivity contribution in [3.8, 4) is 17.6 Å². The summed E-state index contributed by atoms with van der Waals surface area (Å²) in [6.07, 6.45) is 5.61. The first-order valence-corrected chi connectivity index (χ1v) is 14.3. The van der Waals surface area contributed by atoms with Gasteiger partial charge in [0.1, 0.15) is 5.75 Å². The second-order valence-electron chi connectivity index (χ2n) is 11.2. The number of fused-ring (bicyclic) bond motifs is 1. The fourth-order valence-electron chi connectivity index (χ4n) is 5.39. The third kappa shape index (κ3) is 4.59. The molecular weight excluding hydrogens is 372 g/mol. The normalized spacial score (nSPS) is 30.8. The molecule has 1 N–H and O–H groups in total. The molecule has 0 heterocycles. The molecule has 0 spiro atoms. The summed E-state index contributed by atoms with van der Waals surface area (Å²) in [7, 11) is -1.84. The molecule has 29 heavy (non-hydrogen) atoms. The van der Waals surface area contributed by atoms with Crippen LogP contribution in [0.4, 0.5) is 0 Å². The Morgan fingerprint density at radius 3 is 2.62 bits per heavy atom. The Kier molecular flexibility index (Phi) is 6.28. The van der Waals surface area contributed by atoms with Crippen LogP contribution in [0.5, 0.6) is 5.75 Å². The second kappa shape index (κ2) is 8.12. The molecule has 5 atom stereocenters. The molecule has 3 rings (SSSR count). The topological polar surface area (TPSA) is 29.5 Å². The van der Waals surface area contributed by atoms with Crippen molar-refractivity contribution in [3.63, 3.8) is 0 Å². The summed E-state index contributed by atoms with van der Waals surface area (Å²) in [5, 5.41) is 10.7. The fraction of sp³-hybridized carbons (Fsp3) is 0.692. The summed E-state index contributed by atoms with van der Waals surface area (Å²) in [6, 6.07) is 8.30. The number of hydrogen-bond acceptors (Lipinski definition) is 2. The predicted molar refractivity (Wildman–Crippen MR) is 124 cm³/mol. The van der Waals surface area contributed by atoms with E-state index in [0.717, 1.165) is 30.6 Å².